The lowest BCUT2D eigenvalue weighted by Crippen LogP contribution is -2.52. The van der Waals surface area contributed by atoms with Crippen molar-refractivity contribution in [3.05, 3.63) is 47.1 Å². The standard InChI is InChI=1S/C28H42O4/c1-25(2,31)13-7-15-32-26(3,4)23-11-10-21-20-9-8-18-16-19(29)17-24(30)28(18,6)22(20)12-14-27(21,23)5/h7-9,11,13,19,21-22,24,29-31H,10,12,14-17H2,1-6H3/b13-7+/t19-,21+,22+,24+,27+,28+/m1/s1. The molecule has 0 aromatic carbocycles. The van der Waals surface area contributed by atoms with Crippen molar-refractivity contribution in [2.24, 2.45) is 22.7 Å². The molecule has 178 valence electrons. The van der Waals surface area contributed by atoms with E-state index < -0.39 is 17.8 Å². The zero-order valence-corrected chi connectivity index (χ0v) is 20.7. The van der Waals surface area contributed by atoms with Crippen LogP contribution in [0.15, 0.2) is 47.1 Å². The third-order valence-corrected chi connectivity index (χ3v) is 8.95. The second-order valence-electron chi connectivity index (χ2n) is 12.0. The number of fused-ring (bicyclic) bond motifs is 5. The van der Waals surface area contributed by atoms with Gasteiger partial charge in [0, 0.05) is 11.8 Å². The van der Waals surface area contributed by atoms with Crippen molar-refractivity contribution in [2.45, 2.75) is 97.1 Å². The summed E-state index contributed by atoms with van der Waals surface area (Å²) in [5, 5.41) is 31.2. The van der Waals surface area contributed by atoms with Gasteiger partial charge in [-0.05, 0) is 76.2 Å². The van der Waals surface area contributed by atoms with Gasteiger partial charge in [0.2, 0.25) is 0 Å². The Bertz CT molecular complexity index is 870. The zero-order chi connectivity index (χ0) is 23.5. The maximum atomic E-state index is 11.1. The molecule has 32 heavy (non-hydrogen) atoms. The van der Waals surface area contributed by atoms with Crippen molar-refractivity contribution in [1.82, 2.24) is 0 Å². The van der Waals surface area contributed by atoms with Crippen molar-refractivity contribution >= 4 is 0 Å². The maximum Gasteiger partial charge on any atom is 0.0845 e. The Kier molecular flexibility index (Phi) is 5.94. The fourth-order valence-electron chi connectivity index (χ4n) is 7.24. The second kappa shape index (κ2) is 7.94. The Balaban J connectivity index is 1.56. The van der Waals surface area contributed by atoms with Gasteiger partial charge in [-0.1, -0.05) is 55.4 Å². The van der Waals surface area contributed by atoms with E-state index in [4.69, 9.17) is 4.74 Å². The first-order valence-electron chi connectivity index (χ1n) is 12.3. The van der Waals surface area contributed by atoms with Gasteiger partial charge in [-0.2, -0.15) is 0 Å². The lowest BCUT2D eigenvalue weighted by atomic mass is 9.49. The zero-order valence-electron chi connectivity index (χ0n) is 20.7. The minimum Gasteiger partial charge on any atom is -0.393 e. The maximum absolute atomic E-state index is 11.1. The summed E-state index contributed by atoms with van der Waals surface area (Å²) < 4.78 is 6.33. The van der Waals surface area contributed by atoms with Crippen LogP contribution < -0.4 is 0 Å². The van der Waals surface area contributed by atoms with E-state index in [2.05, 4.69) is 45.9 Å². The van der Waals surface area contributed by atoms with Crippen molar-refractivity contribution in [3.8, 4) is 0 Å². The fourth-order valence-corrected chi connectivity index (χ4v) is 7.24. The van der Waals surface area contributed by atoms with Crippen LogP contribution >= 0.6 is 0 Å². The molecule has 0 bridgehead atoms. The topological polar surface area (TPSA) is 69.9 Å². The number of hydrogen-bond acceptors (Lipinski definition) is 4. The lowest BCUT2D eigenvalue weighted by Gasteiger charge is -2.56. The smallest absolute Gasteiger partial charge is 0.0845 e. The van der Waals surface area contributed by atoms with Gasteiger partial charge in [0.15, 0.2) is 0 Å². The molecular weight excluding hydrogens is 400 g/mol. The van der Waals surface area contributed by atoms with Crippen LogP contribution in [0.2, 0.25) is 0 Å². The molecular formula is C28H42O4. The van der Waals surface area contributed by atoms with Crippen LogP contribution in [0, 0.1) is 22.7 Å². The SMILES string of the molecule is CC(C)(O)/C=C/COC(C)(C)C1=CC[C@H]2C3=CC=C4C[C@@H](O)C[C@H](O)[C@]4(C)[C@H]3CC[C@]12C. The predicted molar refractivity (Wildman–Crippen MR) is 128 cm³/mol. The van der Waals surface area contributed by atoms with E-state index >= 15 is 0 Å². The molecule has 0 heterocycles. The second-order valence-corrected chi connectivity index (χ2v) is 12.0. The van der Waals surface area contributed by atoms with Crippen LogP contribution in [-0.2, 0) is 4.74 Å². The van der Waals surface area contributed by atoms with E-state index in [1.165, 1.54) is 16.7 Å². The summed E-state index contributed by atoms with van der Waals surface area (Å²) in [7, 11) is 0. The van der Waals surface area contributed by atoms with Crippen LogP contribution in [-0.4, -0.2) is 45.3 Å². The van der Waals surface area contributed by atoms with E-state index in [9.17, 15) is 15.3 Å². The molecule has 6 atom stereocenters. The monoisotopic (exact) mass is 442 g/mol. The molecule has 4 rings (SSSR count). The van der Waals surface area contributed by atoms with Crippen molar-refractivity contribution in [2.75, 3.05) is 6.61 Å². The minimum atomic E-state index is -0.828. The Hall–Kier alpha value is -1.20. The molecule has 0 radical (unpaired) electrons. The molecule has 4 heteroatoms. The molecule has 0 spiro atoms. The average Bonchev–Trinajstić information content (AvgIpc) is 3.04. The summed E-state index contributed by atoms with van der Waals surface area (Å²) in [4.78, 5) is 0. The number of aliphatic hydroxyl groups is 3. The summed E-state index contributed by atoms with van der Waals surface area (Å²) in [5.74, 6) is 0.772. The van der Waals surface area contributed by atoms with Crippen LogP contribution in [0.5, 0.6) is 0 Å². The normalized spacial score (nSPS) is 39.7. The Labute approximate surface area is 193 Å². The fraction of sp³-hybridized carbons (Fsp3) is 0.714. The highest BCUT2D eigenvalue weighted by Crippen LogP contribution is 2.64. The molecule has 2 fully saturated rings. The number of aliphatic hydroxyl groups excluding tert-OH is 2. The highest BCUT2D eigenvalue weighted by atomic mass is 16.5. The third kappa shape index (κ3) is 3.87. The van der Waals surface area contributed by atoms with Gasteiger partial charge >= 0.3 is 0 Å². The summed E-state index contributed by atoms with van der Waals surface area (Å²) in [5.41, 5.74) is 2.65. The van der Waals surface area contributed by atoms with Gasteiger partial charge in [0.1, 0.15) is 0 Å². The largest absolute Gasteiger partial charge is 0.393 e. The summed E-state index contributed by atoms with van der Waals surface area (Å²) in [6.45, 7) is 12.9. The molecule has 4 nitrogen and oxygen atoms in total. The molecule has 0 aliphatic heterocycles. The van der Waals surface area contributed by atoms with Crippen LogP contribution in [0.25, 0.3) is 0 Å². The molecule has 0 unspecified atom stereocenters. The van der Waals surface area contributed by atoms with Crippen LogP contribution in [0.4, 0.5) is 0 Å². The molecule has 4 aliphatic rings. The first-order valence-corrected chi connectivity index (χ1v) is 12.3. The van der Waals surface area contributed by atoms with E-state index in [1.54, 1.807) is 19.9 Å². The Morgan fingerprint density at radius 1 is 1.12 bits per heavy atom. The lowest BCUT2D eigenvalue weighted by molar-refractivity contribution is -0.0523. The van der Waals surface area contributed by atoms with Gasteiger partial charge in [0.25, 0.3) is 0 Å². The van der Waals surface area contributed by atoms with E-state index in [0.29, 0.717) is 31.3 Å². The third-order valence-electron chi connectivity index (χ3n) is 8.95. The highest BCUT2D eigenvalue weighted by molar-refractivity contribution is 5.44. The molecule has 4 aliphatic carbocycles. The van der Waals surface area contributed by atoms with Crippen LogP contribution in [0.1, 0.15) is 73.6 Å². The number of rotatable bonds is 5. The summed E-state index contributed by atoms with van der Waals surface area (Å²) in [6, 6.07) is 0. The van der Waals surface area contributed by atoms with E-state index in [1.807, 2.05) is 6.08 Å². The number of allylic oxidation sites excluding steroid dienone is 4. The Morgan fingerprint density at radius 3 is 2.53 bits per heavy atom. The predicted octanol–water partition coefficient (Wildman–Crippen LogP) is 4.86. The van der Waals surface area contributed by atoms with E-state index in [-0.39, 0.29) is 16.4 Å². The van der Waals surface area contributed by atoms with Gasteiger partial charge in [-0.25, -0.2) is 0 Å². The summed E-state index contributed by atoms with van der Waals surface area (Å²) >= 11 is 0. The van der Waals surface area contributed by atoms with Gasteiger partial charge in [-0.3, -0.25) is 0 Å². The average molecular weight is 443 g/mol. The Morgan fingerprint density at radius 2 is 1.84 bits per heavy atom. The number of hydrogen-bond donors (Lipinski definition) is 3. The molecule has 0 amide bonds. The highest BCUT2D eigenvalue weighted by Gasteiger charge is 2.58. The molecule has 0 aromatic rings. The number of ether oxygens (including phenoxy) is 1. The van der Waals surface area contributed by atoms with Gasteiger partial charge in [0.05, 0.1) is 30.0 Å². The van der Waals surface area contributed by atoms with Gasteiger partial charge in [-0.15, -0.1) is 0 Å². The quantitative estimate of drug-likeness (QED) is 0.532. The minimum absolute atomic E-state index is 0.0482. The molecule has 2 saturated carbocycles. The summed E-state index contributed by atoms with van der Waals surface area (Å²) in [6.07, 6.45) is 14.0. The van der Waals surface area contributed by atoms with Crippen molar-refractivity contribution in [1.29, 1.82) is 0 Å². The van der Waals surface area contributed by atoms with Crippen molar-refractivity contribution in [3.63, 3.8) is 0 Å². The first kappa shape index (κ1) is 23.9. The van der Waals surface area contributed by atoms with Crippen molar-refractivity contribution < 1.29 is 20.1 Å². The van der Waals surface area contributed by atoms with Crippen LogP contribution in [0.3, 0.4) is 0 Å². The molecule has 0 aromatic heterocycles. The molecule has 3 N–H and O–H groups in total. The van der Waals surface area contributed by atoms with Gasteiger partial charge < -0.3 is 20.1 Å². The first-order chi connectivity index (χ1) is 14.8. The molecule has 0 saturated heterocycles. The van der Waals surface area contributed by atoms with E-state index in [0.717, 1.165) is 19.3 Å².